The molecule has 0 amide bonds. The lowest BCUT2D eigenvalue weighted by Crippen LogP contribution is -2.36. The van der Waals surface area contributed by atoms with Gasteiger partial charge in [0.2, 0.25) is 0 Å². The van der Waals surface area contributed by atoms with Gasteiger partial charge in [0.25, 0.3) is 0 Å². The predicted octanol–water partition coefficient (Wildman–Crippen LogP) is 8.64. The van der Waals surface area contributed by atoms with E-state index in [1.807, 2.05) is 12.2 Å². The number of phosphoric ester groups is 2. The van der Waals surface area contributed by atoms with E-state index >= 15 is 0 Å². The van der Waals surface area contributed by atoms with Gasteiger partial charge in [-0.1, -0.05) is 155 Å². The SMILES string of the molecule is CCCCC/C=C\C[C@@H](O)[C@H](O)CCCCCCCC(=O)OC[C@H](COP(=O)(O)OP(=O)(O)OC[C@H]1O[C@@H](n2ccc(N)nc2=O)[C@H](O)[C@@H]1O)OC(=O)CCCCCCCCCCCCCCCC(C)C. The van der Waals surface area contributed by atoms with Crippen LogP contribution in [-0.4, -0.2) is 108 Å². The number of rotatable bonds is 43. The van der Waals surface area contributed by atoms with Crippen molar-refractivity contribution in [3.8, 4) is 0 Å². The zero-order valence-corrected chi connectivity index (χ0v) is 44.5. The summed E-state index contributed by atoms with van der Waals surface area (Å²) >= 11 is 0. The topological polar surface area (TPSA) is 306 Å². The number of nitrogens with zero attached hydrogens (tertiary/aromatic N) is 2. The Labute approximate surface area is 421 Å². The minimum atomic E-state index is -5.45. The average molecular weight is 1050 g/mol. The number of ether oxygens (including phenoxy) is 3. The lowest BCUT2D eigenvalue weighted by atomic mass is 10.0. The van der Waals surface area contributed by atoms with Crippen molar-refractivity contribution < 1.29 is 76.5 Å². The number of allylic oxidation sites excluding steroid dienone is 1. The third-order valence-electron chi connectivity index (χ3n) is 12.2. The number of hydrogen-bond donors (Lipinski definition) is 7. The lowest BCUT2D eigenvalue weighted by molar-refractivity contribution is -0.161. The summed E-state index contributed by atoms with van der Waals surface area (Å²) in [5.74, 6) is -0.632. The van der Waals surface area contributed by atoms with E-state index < -0.39 is 95.9 Å². The van der Waals surface area contributed by atoms with E-state index in [0.717, 1.165) is 80.9 Å². The van der Waals surface area contributed by atoms with E-state index in [9.17, 15) is 53.7 Å². The Morgan fingerprint density at radius 2 is 1.30 bits per heavy atom. The molecule has 1 saturated heterocycles. The average Bonchev–Trinajstić information content (AvgIpc) is 3.59. The van der Waals surface area contributed by atoms with Crippen molar-refractivity contribution in [2.24, 2.45) is 5.92 Å². The molecule has 20 nitrogen and oxygen atoms in total. The van der Waals surface area contributed by atoms with Crippen molar-refractivity contribution in [2.45, 2.75) is 237 Å². The molecule has 1 aliphatic heterocycles. The maximum atomic E-state index is 12.9. The summed E-state index contributed by atoms with van der Waals surface area (Å²) in [5.41, 5.74) is 4.58. The minimum Gasteiger partial charge on any atom is -0.462 e. The number of aliphatic hydroxyl groups is 4. The molecule has 22 heteroatoms. The Kier molecular flexibility index (Phi) is 33.8. The van der Waals surface area contributed by atoms with Crippen molar-refractivity contribution in [3.63, 3.8) is 0 Å². The van der Waals surface area contributed by atoms with Crippen molar-refractivity contribution in [1.29, 1.82) is 0 Å². The van der Waals surface area contributed by atoms with Crippen molar-refractivity contribution in [2.75, 3.05) is 25.6 Å². The van der Waals surface area contributed by atoms with Gasteiger partial charge in [0.1, 0.15) is 30.7 Å². The maximum absolute atomic E-state index is 12.9. The smallest absolute Gasteiger partial charge is 0.462 e. The summed E-state index contributed by atoms with van der Waals surface area (Å²) in [7, 11) is -10.9. The largest absolute Gasteiger partial charge is 0.481 e. The second-order valence-electron chi connectivity index (χ2n) is 19.2. The zero-order valence-electron chi connectivity index (χ0n) is 42.7. The van der Waals surface area contributed by atoms with Gasteiger partial charge in [-0.25, -0.2) is 13.9 Å². The number of hydrogen-bond acceptors (Lipinski definition) is 17. The molecule has 8 N–H and O–H groups in total. The Hall–Kier alpha value is -2.58. The third-order valence-corrected chi connectivity index (χ3v) is 14.8. The highest BCUT2D eigenvalue weighted by atomic mass is 31.3. The van der Waals surface area contributed by atoms with Crippen LogP contribution >= 0.6 is 15.6 Å². The van der Waals surface area contributed by atoms with Crippen LogP contribution in [0.15, 0.2) is 29.2 Å². The first-order chi connectivity index (χ1) is 33.8. The van der Waals surface area contributed by atoms with Crippen molar-refractivity contribution in [3.05, 3.63) is 34.9 Å². The summed E-state index contributed by atoms with van der Waals surface area (Å²) in [6.45, 7) is 4.27. The summed E-state index contributed by atoms with van der Waals surface area (Å²) in [5, 5.41) is 41.5. The molecule has 1 aromatic heterocycles. The van der Waals surface area contributed by atoms with E-state index in [1.165, 1.54) is 63.9 Å². The summed E-state index contributed by atoms with van der Waals surface area (Å²) < 4.78 is 56.7. The third kappa shape index (κ3) is 30.4. The van der Waals surface area contributed by atoms with Crippen LogP contribution in [0.3, 0.4) is 0 Å². The number of esters is 2. The predicted molar refractivity (Wildman–Crippen MR) is 269 cm³/mol. The van der Waals surface area contributed by atoms with Gasteiger partial charge in [-0.05, 0) is 50.5 Å². The molecule has 2 rings (SSSR count). The molecule has 71 heavy (non-hydrogen) atoms. The highest BCUT2D eigenvalue weighted by Crippen LogP contribution is 2.60. The first-order valence-electron chi connectivity index (χ1n) is 26.2. The molecule has 2 unspecified atom stereocenters. The quantitative estimate of drug-likeness (QED) is 0.0139. The van der Waals surface area contributed by atoms with E-state index in [0.29, 0.717) is 38.5 Å². The molecule has 2 heterocycles. The van der Waals surface area contributed by atoms with Gasteiger partial charge >= 0.3 is 33.3 Å². The van der Waals surface area contributed by atoms with Gasteiger partial charge in [0, 0.05) is 19.0 Å². The van der Waals surface area contributed by atoms with Gasteiger partial charge in [0.05, 0.1) is 25.4 Å². The Bertz CT molecular complexity index is 1790. The molecule has 1 fully saturated rings. The fourth-order valence-electron chi connectivity index (χ4n) is 7.99. The molecule has 0 saturated carbocycles. The second-order valence-corrected chi connectivity index (χ2v) is 22.2. The van der Waals surface area contributed by atoms with Crippen LogP contribution in [0.2, 0.25) is 0 Å². The molecule has 9 atom stereocenters. The maximum Gasteiger partial charge on any atom is 0.481 e. The minimum absolute atomic E-state index is 0.0227. The Morgan fingerprint density at radius 3 is 1.87 bits per heavy atom. The van der Waals surface area contributed by atoms with Crippen LogP contribution in [0.25, 0.3) is 0 Å². The first kappa shape index (κ1) is 64.5. The molecular weight excluding hydrogens is 964 g/mol. The number of aliphatic hydroxyl groups excluding tert-OH is 4. The molecule has 0 bridgehead atoms. The van der Waals surface area contributed by atoms with Crippen molar-refractivity contribution in [1.82, 2.24) is 9.55 Å². The monoisotopic (exact) mass is 1050 g/mol. The van der Waals surface area contributed by atoms with E-state index in [4.69, 9.17) is 29.0 Å². The molecule has 0 aromatic carbocycles. The van der Waals surface area contributed by atoms with Gasteiger partial charge in [0.15, 0.2) is 12.3 Å². The van der Waals surface area contributed by atoms with Crippen LogP contribution in [0.1, 0.15) is 200 Å². The molecule has 412 valence electrons. The second kappa shape index (κ2) is 37.2. The molecule has 0 spiro atoms. The molecule has 1 aliphatic rings. The fraction of sp³-hybridized carbons (Fsp3) is 0.837. The molecular formula is C49H89N3O17P2. The first-order valence-corrected chi connectivity index (χ1v) is 29.2. The lowest BCUT2D eigenvalue weighted by Gasteiger charge is -2.21. The van der Waals surface area contributed by atoms with Gasteiger partial charge in [-0.15, -0.1) is 0 Å². The molecule has 0 radical (unpaired) electrons. The number of carbonyl (C=O) groups is 2. The molecule has 0 aliphatic carbocycles. The summed E-state index contributed by atoms with van der Waals surface area (Å²) in [6, 6.07) is 1.24. The standard InChI is InChI=1S/C49H89N3O17P2/c1-4-5-6-7-19-24-29-40(53)41(54)30-25-20-17-22-26-31-44(55)64-35-39(67-45(56)32-27-21-16-14-12-10-8-9-11-13-15-18-23-28-38(2)3)36-65-70(60,61)69-71(62,63)66-37-42-46(57)47(58)48(68-42)52-34-33-43(50)51-49(52)59/h19,24,33-34,38-42,46-48,53-54,57-58H,4-18,20-23,25-32,35-37H2,1-3H3,(H,60,61)(H,62,63)(H2,50,51,59)/b24-19-/t39-,40-,41-,42-,46-,47-,48-/m1/s1. The Morgan fingerprint density at radius 1 is 0.746 bits per heavy atom. The zero-order chi connectivity index (χ0) is 52.5. The summed E-state index contributed by atoms with van der Waals surface area (Å²) in [4.78, 5) is 62.0. The van der Waals surface area contributed by atoms with E-state index in [-0.39, 0.29) is 18.7 Å². The normalized spacial score (nSPS) is 20.2. The number of nitrogens with two attached hydrogens (primary N) is 1. The van der Waals surface area contributed by atoms with Gasteiger partial charge < -0.3 is 50.2 Å². The van der Waals surface area contributed by atoms with Crippen LogP contribution in [0.4, 0.5) is 5.82 Å². The number of unbranched alkanes of at least 4 members (excludes halogenated alkanes) is 19. The van der Waals surface area contributed by atoms with Crippen LogP contribution in [0, 0.1) is 5.92 Å². The highest BCUT2D eigenvalue weighted by molar-refractivity contribution is 7.61. The molecule has 1 aromatic rings. The Balaban J connectivity index is 1.82. The van der Waals surface area contributed by atoms with Crippen LogP contribution in [0.5, 0.6) is 0 Å². The number of nitrogen functional groups attached to an aromatic ring is 1. The van der Waals surface area contributed by atoms with Gasteiger partial charge in [-0.2, -0.15) is 9.29 Å². The van der Waals surface area contributed by atoms with E-state index in [1.54, 1.807) is 0 Å². The van der Waals surface area contributed by atoms with Gasteiger partial charge in [-0.3, -0.25) is 23.2 Å². The fourth-order valence-corrected chi connectivity index (χ4v) is 10.1. The summed E-state index contributed by atoms with van der Waals surface area (Å²) in [6.07, 6.45) is 20.2. The number of phosphoric acid groups is 2. The number of aromatic nitrogens is 2. The number of anilines is 1. The van der Waals surface area contributed by atoms with E-state index in [2.05, 4.69) is 30.1 Å². The van der Waals surface area contributed by atoms with Crippen LogP contribution < -0.4 is 11.4 Å². The highest BCUT2D eigenvalue weighted by Gasteiger charge is 2.46. The van der Waals surface area contributed by atoms with Crippen LogP contribution in [-0.2, 0) is 46.3 Å². The van der Waals surface area contributed by atoms with Crippen molar-refractivity contribution >= 4 is 33.4 Å². The number of carbonyl (C=O) groups excluding carboxylic acids is 2.